The molecule has 0 aliphatic rings. The summed E-state index contributed by atoms with van der Waals surface area (Å²) < 4.78 is 33.9. The van der Waals surface area contributed by atoms with Crippen molar-refractivity contribution in [3.8, 4) is 5.75 Å². The highest BCUT2D eigenvalue weighted by Crippen LogP contribution is 2.26. The van der Waals surface area contributed by atoms with Gasteiger partial charge in [0, 0.05) is 19.8 Å². The van der Waals surface area contributed by atoms with Gasteiger partial charge in [0.1, 0.15) is 11.3 Å². The summed E-state index contributed by atoms with van der Waals surface area (Å²) in [5, 5.41) is 6.86. The van der Waals surface area contributed by atoms with Crippen LogP contribution < -0.4 is 14.4 Å². The summed E-state index contributed by atoms with van der Waals surface area (Å²) >= 11 is 0. The van der Waals surface area contributed by atoms with E-state index in [1.54, 1.807) is 43.4 Å². The molecule has 0 saturated heterocycles. The number of sulfonamides is 1. The van der Waals surface area contributed by atoms with E-state index in [2.05, 4.69) is 10.4 Å². The van der Waals surface area contributed by atoms with Crippen molar-refractivity contribution in [3.63, 3.8) is 0 Å². The van der Waals surface area contributed by atoms with E-state index < -0.39 is 15.9 Å². The summed E-state index contributed by atoms with van der Waals surface area (Å²) in [5.74, 6) is 0.397. The fraction of sp³-hybridized carbons (Fsp3) is 0.238. The van der Waals surface area contributed by atoms with Gasteiger partial charge in [0.05, 0.1) is 17.7 Å². The van der Waals surface area contributed by atoms with E-state index in [1.807, 2.05) is 13.8 Å². The summed E-state index contributed by atoms with van der Waals surface area (Å²) in [5.41, 5.74) is 1.65. The average molecular weight is 429 g/mol. The molecular formula is C21H24N4O4S. The fourth-order valence-electron chi connectivity index (χ4n) is 2.95. The van der Waals surface area contributed by atoms with E-state index in [4.69, 9.17) is 4.74 Å². The lowest BCUT2D eigenvalue weighted by Crippen LogP contribution is -2.30. The predicted molar refractivity (Wildman–Crippen MR) is 116 cm³/mol. The number of aryl methyl sites for hydroxylation is 2. The number of carbonyl (C=O) groups excluding carboxylic acids is 1. The van der Waals surface area contributed by atoms with Crippen LogP contribution in [0.15, 0.2) is 59.6 Å². The average Bonchev–Trinajstić information content (AvgIpc) is 3.10. The van der Waals surface area contributed by atoms with E-state index in [0.717, 1.165) is 9.87 Å². The standard InChI is InChI=1S/C21H24N4O4S/c1-5-29-17-10-8-16(9-11-17)23-20(26)19-14-22-24(3)21(19)25(4)30(27,28)18-12-6-15(2)7-13-18/h6-14H,5H2,1-4H3,(H,23,26). The van der Waals surface area contributed by atoms with Crippen LogP contribution in [0.1, 0.15) is 22.8 Å². The van der Waals surface area contributed by atoms with E-state index in [9.17, 15) is 13.2 Å². The van der Waals surface area contributed by atoms with Crippen molar-refractivity contribution in [1.29, 1.82) is 0 Å². The lowest BCUT2D eigenvalue weighted by molar-refractivity contribution is 0.102. The molecule has 0 radical (unpaired) electrons. The second-order valence-corrected chi connectivity index (χ2v) is 8.67. The molecule has 3 aromatic rings. The van der Waals surface area contributed by atoms with E-state index in [0.29, 0.717) is 18.0 Å². The summed E-state index contributed by atoms with van der Waals surface area (Å²) in [6, 6.07) is 13.5. The Kier molecular flexibility index (Phi) is 6.12. The highest BCUT2D eigenvalue weighted by atomic mass is 32.2. The van der Waals surface area contributed by atoms with Crippen LogP contribution in [0.2, 0.25) is 0 Å². The smallest absolute Gasteiger partial charge is 0.265 e. The van der Waals surface area contributed by atoms with Gasteiger partial charge in [0.25, 0.3) is 15.9 Å². The molecule has 1 amide bonds. The molecule has 0 saturated carbocycles. The highest BCUT2D eigenvalue weighted by molar-refractivity contribution is 7.92. The number of ether oxygens (including phenoxy) is 1. The van der Waals surface area contributed by atoms with E-state index in [1.165, 1.54) is 30.1 Å². The topological polar surface area (TPSA) is 93.5 Å². The Balaban J connectivity index is 1.88. The summed E-state index contributed by atoms with van der Waals surface area (Å²) in [4.78, 5) is 13.0. The molecule has 0 unspecified atom stereocenters. The zero-order valence-corrected chi connectivity index (χ0v) is 18.1. The molecule has 158 valence electrons. The Morgan fingerprint density at radius 1 is 1.13 bits per heavy atom. The van der Waals surface area contributed by atoms with Gasteiger partial charge in [0.15, 0.2) is 5.82 Å². The molecule has 0 fully saturated rings. The van der Waals surface area contributed by atoms with Crippen LogP contribution in [0.3, 0.4) is 0 Å². The summed E-state index contributed by atoms with van der Waals surface area (Å²) in [6.45, 7) is 4.32. The third-order valence-electron chi connectivity index (χ3n) is 4.55. The van der Waals surface area contributed by atoms with Crippen LogP contribution in [0, 0.1) is 6.92 Å². The van der Waals surface area contributed by atoms with Crippen LogP contribution >= 0.6 is 0 Å². The van der Waals surface area contributed by atoms with Crippen molar-refractivity contribution >= 4 is 27.4 Å². The molecule has 0 spiro atoms. The third-order valence-corrected chi connectivity index (χ3v) is 6.31. The Bertz CT molecular complexity index is 1140. The maximum absolute atomic E-state index is 13.1. The van der Waals surface area contributed by atoms with Gasteiger partial charge < -0.3 is 10.1 Å². The number of rotatable bonds is 7. The second-order valence-electron chi connectivity index (χ2n) is 6.70. The van der Waals surface area contributed by atoms with Gasteiger partial charge in [0.2, 0.25) is 0 Å². The summed E-state index contributed by atoms with van der Waals surface area (Å²) in [6.07, 6.45) is 1.35. The van der Waals surface area contributed by atoms with E-state index >= 15 is 0 Å². The Morgan fingerprint density at radius 3 is 2.37 bits per heavy atom. The molecule has 30 heavy (non-hydrogen) atoms. The number of carbonyl (C=O) groups is 1. The van der Waals surface area contributed by atoms with E-state index in [-0.39, 0.29) is 16.3 Å². The second kappa shape index (κ2) is 8.58. The minimum Gasteiger partial charge on any atom is -0.494 e. The first-order chi connectivity index (χ1) is 14.2. The lowest BCUT2D eigenvalue weighted by Gasteiger charge is -2.21. The van der Waals surface area contributed by atoms with Crippen molar-refractivity contribution in [3.05, 3.63) is 65.9 Å². The Morgan fingerprint density at radius 2 is 1.77 bits per heavy atom. The van der Waals surface area contributed by atoms with Crippen LogP contribution in [-0.4, -0.2) is 37.8 Å². The Labute approximate surface area is 176 Å². The van der Waals surface area contributed by atoms with Gasteiger partial charge in [-0.1, -0.05) is 17.7 Å². The number of hydrogen-bond donors (Lipinski definition) is 1. The molecule has 2 aromatic carbocycles. The predicted octanol–water partition coefficient (Wildman–Crippen LogP) is 3.20. The molecular weight excluding hydrogens is 404 g/mol. The zero-order valence-electron chi connectivity index (χ0n) is 17.3. The number of hydrogen-bond acceptors (Lipinski definition) is 5. The van der Waals surface area contributed by atoms with Crippen LogP contribution in [0.5, 0.6) is 5.75 Å². The van der Waals surface area contributed by atoms with Crippen molar-refractivity contribution in [2.75, 3.05) is 23.3 Å². The van der Waals surface area contributed by atoms with Gasteiger partial charge in [-0.05, 0) is 50.2 Å². The maximum Gasteiger partial charge on any atom is 0.265 e. The quantitative estimate of drug-likeness (QED) is 0.624. The van der Waals surface area contributed by atoms with Crippen LogP contribution in [0.25, 0.3) is 0 Å². The van der Waals surface area contributed by atoms with Crippen molar-refractivity contribution in [2.45, 2.75) is 18.7 Å². The van der Waals surface area contributed by atoms with Gasteiger partial charge in [-0.15, -0.1) is 0 Å². The number of benzene rings is 2. The molecule has 1 aromatic heterocycles. The minimum absolute atomic E-state index is 0.134. The highest BCUT2D eigenvalue weighted by Gasteiger charge is 2.28. The largest absolute Gasteiger partial charge is 0.494 e. The van der Waals surface area contributed by atoms with Gasteiger partial charge in [-0.25, -0.2) is 8.42 Å². The van der Waals surface area contributed by atoms with Gasteiger partial charge in [-0.3, -0.25) is 13.8 Å². The molecule has 0 aliphatic heterocycles. The molecule has 3 rings (SSSR count). The first-order valence-electron chi connectivity index (χ1n) is 9.36. The normalized spacial score (nSPS) is 11.2. The fourth-order valence-corrected chi connectivity index (χ4v) is 4.19. The molecule has 0 bridgehead atoms. The molecule has 1 N–H and O–H groups in total. The maximum atomic E-state index is 13.1. The SMILES string of the molecule is CCOc1ccc(NC(=O)c2cnn(C)c2N(C)S(=O)(=O)c2ccc(C)cc2)cc1. The molecule has 0 aliphatic carbocycles. The van der Waals surface area contributed by atoms with Gasteiger partial charge in [-0.2, -0.15) is 5.10 Å². The minimum atomic E-state index is -3.87. The first kappa shape index (κ1) is 21.4. The number of nitrogens with zero attached hydrogens (tertiary/aromatic N) is 3. The number of anilines is 2. The number of nitrogens with one attached hydrogen (secondary N) is 1. The number of aromatic nitrogens is 2. The van der Waals surface area contributed by atoms with Crippen LogP contribution in [0.4, 0.5) is 11.5 Å². The molecule has 9 heteroatoms. The summed E-state index contributed by atoms with van der Waals surface area (Å²) in [7, 11) is -0.876. The monoisotopic (exact) mass is 428 g/mol. The van der Waals surface area contributed by atoms with Crippen molar-refractivity contribution in [1.82, 2.24) is 9.78 Å². The number of amides is 1. The molecule has 1 heterocycles. The van der Waals surface area contributed by atoms with Crippen LogP contribution in [-0.2, 0) is 17.1 Å². The lowest BCUT2D eigenvalue weighted by atomic mass is 10.2. The molecule has 8 nitrogen and oxygen atoms in total. The third kappa shape index (κ3) is 4.30. The zero-order chi connectivity index (χ0) is 21.9. The van der Waals surface area contributed by atoms with Crippen molar-refractivity contribution < 1.29 is 17.9 Å². The first-order valence-corrected chi connectivity index (χ1v) is 10.8. The van der Waals surface area contributed by atoms with Crippen molar-refractivity contribution in [2.24, 2.45) is 7.05 Å². The Hall–Kier alpha value is -3.33. The molecule has 0 atom stereocenters. The van der Waals surface area contributed by atoms with Gasteiger partial charge >= 0.3 is 0 Å².